The lowest BCUT2D eigenvalue weighted by molar-refractivity contribution is -0.140. The van der Waals surface area contributed by atoms with Crippen LogP contribution in [0.4, 0.5) is 0 Å². The molecule has 1 saturated carbocycles. The van der Waals surface area contributed by atoms with Gasteiger partial charge in [-0.15, -0.1) is 0 Å². The summed E-state index contributed by atoms with van der Waals surface area (Å²) in [7, 11) is 1.43. The van der Waals surface area contributed by atoms with Crippen molar-refractivity contribution in [2.45, 2.75) is 103 Å². The molecule has 0 aromatic carbocycles. The number of unbranched alkanes of at least 4 members (excludes halogenated alkanes) is 4. The third kappa shape index (κ3) is 8.68. The molecule has 0 spiro atoms. The molecule has 0 bridgehead atoms. The number of carbonyl (C=O) groups excluding carboxylic acids is 1. The molecule has 4 atom stereocenters. The van der Waals surface area contributed by atoms with Crippen LogP contribution in [-0.2, 0) is 9.53 Å². The number of carbonyl (C=O) groups is 1. The molecule has 0 radical (unpaired) electrons. The maximum Gasteiger partial charge on any atom is 0.305 e. The molecular weight excluding hydrogens is 328 g/mol. The Kier molecular flexibility index (Phi) is 11.9. The quantitative estimate of drug-likeness (QED) is 0.279. The molecular formula is C22H40O4. The maximum atomic E-state index is 11.1. The highest BCUT2D eigenvalue weighted by Crippen LogP contribution is 2.36. The van der Waals surface area contributed by atoms with Crippen LogP contribution in [0.2, 0.25) is 0 Å². The van der Waals surface area contributed by atoms with Crippen LogP contribution in [0, 0.1) is 11.8 Å². The number of esters is 1. The van der Waals surface area contributed by atoms with E-state index in [0.29, 0.717) is 18.8 Å². The Morgan fingerprint density at radius 3 is 2.69 bits per heavy atom. The highest BCUT2D eigenvalue weighted by molar-refractivity contribution is 5.68. The molecule has 1 aliphatic carbocycles. The predicted octanol–water partition coefficient (Wildman–Crippen LogP) is 4.77. The van der Waals surface area contributed by atoms with E-state index >= 15 is 0 Å². The first-order valence-electron chi connectivity index (χ1n) is 10.6. The van der Waals surface area contributed by atoms with E-state index in [4.69, 9.17) is 0 Å². The Balaban J connectivity index is 2.33. The van der Waals surface area contributed by atoms with E-state index in [2.05, 4.69) is 24.7 Å². The van der Waals surface area contributed by atoms with E-state index in [1.807, 2.05) is 0 Å². The minimum atomic E-state index is -0.272. The van der Waals surface area contributed by atoms with Crippen molar-refractivity contribution in [3.8, 4) is 0 Å². The number of methoxy groups -OCH3 is 1. The van der Waals surface area contributed by atoms with E-state index in [1.54, 1.807) is 0 Å². The van der Waals surface area contributed by atoms with Gasteiger partial charge >= 0.3 is 5.97 Å². The molecule has 2 N–H and O–H groups in total. The summed E-state index contributed by atoms with van der Waals surface area (Å²) >= 11 is 0. The van der Waals surface area contributed by atoms with Gasteiger partial charge in [0.25, 0.3) is 0 Å². The highest BCUT2D eigenvalue weighted by atomic mass is 16.5. The standard InChI is InChI=1S/C22H40O4/c1-4-5-10-17(2)20(23)15-13-18-14-16-21(24)19(18)11-8-6-7-9-12-22(25)26-3/h13,17,19-21,23-24H,4-12,14-16H2,1-3H3/t17?,19-,20?,21+/m1/s1. The van der Waals surface area contributed by atoms with Gasteiger partial charge in [-0.25, -0.2) is 0 Å². The summed E-state index contributed by atoms with van der Waals surface area (Å²) in [5.41, 5.74) is 1.34. The fourth-order valence-electron chi connectivity index (χ4n) is 3.89. The van der Waals surface area contributed by atoms with Crippen molar-refractivity contribution in [2.75, 3.05) is 7.11 Å². The molecule has 152 valence electrons. The number of ether oxygens (including phenoxy) is 1. The summed E-state index contributed by atoms with van der Waals surface area (Å²) in [6, 6.07) is 0. The van der Waals surface area contributed by atoms with Gasteiger partial charge in [-0.1, -0.05) is 57.6 Å². The largest absolute Gasteiger partial charge is 0.469 e. The zero-order valence-corrected chi connectivity index (χ0v) is 17.1. The van der Waals surface area contributed by atoms with Crippen LogP contribution in [0.25, 0.3) is 0 Å². The normalized spacial score (nSPS) is 24.0. The van der Waals surface area contributed by atoms with Crippen LogP contribution in [-0.4, -0.2) is 35.5 Å². The molecule has 0 saturated heterocycles. The second kappa shape index (κ2) is 13.3. The Hall–Kier alpha value is -0.870. The third-order valence-corrected chi connectivity index (χ3v) is 5.83. The fourth-order valence-corrected chi connectivity index (χ4v) is 3.89. The fraction of sp³-hybridized carbons (Fsp3) is 0.864. The molecule has 2 unspecified atom stereocenters. The third-order valence-electron chi connectivity index (χ3n) is 5.83. The molecule has 1 aliphatic rings. The molecule has 0 aliphatic heterocycles. The van der Waals surface area contributed by atoms with Gasteiger partial charge in [0.05, 0.1) is 19.3 Å². The summed E-state index contributed by atoms with van der Waals surface area (Å²) in [6.45, 7) is 4.31. The number of hydrogen-bond acceptors (Lipinski definition) is 4. The number of aliphatic hydroxyl groups is 2. The van der Waals surface area contributed by atoms with Crippen molar-refractivity contribution in [1.82, 2.24) is 0 Å². The number of hydrogen-bond donors (Lipinski definition) is 2. The van der Waals surface area contributed by atoms with Crippen molar-refractivity contribution in [3.63, 3.8) is 0 Å². The lowest BCUT2D eigenvalue weighted by Crippen LogP contribution is -2.18. The molecule has 4 nitrogen and oxygen atoms in total. The van der Waals surface area contributed by atoms with E-state index in [-0.39, 0.29) is 24.1 Å². The average molecular weight is 369 g/mol. The van der Waals surface area contributed by atoms with Crippen molar-refractivity contribution in [3.05, 3.63) is 11.6 Å². The average Bonchev–Trinajstić information content (AvgIpc) is 2.99. The molecule has 26 heavy (non-hydrogen) atoms. The molecule has 0 aromatic heterocycles. The summed E-state index contributed by atoms with van der Waals surface area (Å²) in [5.74, 6) is 0.466. The van der Waals surface area contributed by atoms with Crippen molar-refractivity contribution < 1.29 is 19.7 Å². The van der Waals surface area contributed by atoms with Gasteiger partial charge in [-0.2, -0.15) is 0 Å². The minimum absolute atomic E-state index is 0.131. The van der Waals surface area contributed by atoms with Crippen molar-refractivity contribution in [2.24, 2.45) is 11.8 Å². The topological polar surface area (TPSA) is 66.8 Å². The van der Waals surface area contributed by atoms with Gasteiger partial charge in [0.15, 0.2) is 0 Å². The van der Waals surface area contributed by atoms with E-state index in [1.165, 1.54) is 25.5 Å². The predicted molar refractivity (Wildman–Crippen MR) is 106 cm³/mol. The zero-order chi connectivity index (χ0) is 19.4. The summed E-state index contributed by atoms with van der Waals surface area (Å²) in [5, 5.41) is 20.6. The van der Waals surface area contributed by atoms with Gasteiger partial charge < -0.3 is 14.9 Å². The number of aliphatic hydroxyl groups excluding tert-OH is 2. The lowest BCUT2D eigenvalue weighted by Gasteiger charge is -2.19. The first kappa shape index (κ1) is 23.2. The van der Waals surface area contributed by atoms with Gasteiger partial charge in [0.2, 0.25) is 0 Å². The van der Waals surface area contributed by atoms with Crippen LogP contribution in [0.5, 0.6) is 0 Å². The second-order valence-electron chi connectivity index (χ2n) is 7.94. The SMILES string of the molecule is CCCCC(C)C(O)CC=C1CC[C@H](O)[C@@H]1CCCCCCC(=O)OC. The summed E-state index contributed by atoms with van der Waals surface area (Å²) < 4.78 is 4.65. The first-order valence-corrected chi connectivity index (χ1v) is 10.6. The Morgan fingerprint density at radius 1 is 1.27 bits per heavy atom. The Morgan fingerprint density at radius 2 is 2.00 bits per heavy atom. The molecule has 0 aromatic rings. The molecule has 1 rings (SSSR count). The first-order chi connectivity index (χ1) is 12.5. The minimum Gasteiger partial charge on any atom is -0.469 e. The van der Waals surface area contributed by atoms with Crippen molar-refractivity contribution >= 4 is 5.97 Å². The molecule has 0 amide bonds. The Bertz CT molecular complexity index is 418. The number of rotatable bonds is 13. The molecule has 4 heteroatoms. The molecule has 0 heterocycles. The summed E-state index contributed by atoms with van der Waals surface area (Å²) in [6.07, 6.45) is 13.2. The van der Waals surface area contributed by atoms with E-state index in [9.17, 15) is 15.0 Å². The van der Waals surface area contributed by atoms with Gasteiger partial charge in [-0.3, -0.25) is 4.79 Å². The summed E-state index contributed by atoms with van der Waals surface area (Å²) in [4.78, 5) is 11.1. The van der Waals surface area contributed by atoms with Gasteiger partial charge in [0, 0.05) is 12.3 Å². The van der Waals surface area contributed by atoms with Crippen LogP contribution in [0.1, 0.15) is 90.9 Å². The van der Waals surface area contributed by atoms with Crippen LogP contribution in [0.3, 0.4) is 0 Å². The van der Waals surface area contributed by atoms with Crippen LogP contribution >= 0.6 is 0 Å². The van der Waals surface area contributed by atoms with Gasteiger partial charge in [0.1, 0.15) is 0 Å². The maximum absolute atomic E-state index is 11.1. The lowest BCUT2D eigenvalue weighted by atomic mass is 9.91. The van der Waals surface area contributed by atoms with Crippen molar-refractivity contribution in [1.29, 1.82) is 0 Å². The van der Waals surface area contributed by atoms with Gasteiger partial charge in [-0.05, 0) is 44.4 Å². The monoisotopic (exact) mass is 368 g/mol. The Labute approximate surface area is 160 Å². The second-order valence-corrected chi connectivity index (χ2v) is 7.94. The van der Waals surface area contributed by atoms with Crippen LogP contribution in [0.15, 0.2) is 11.6 Å². The highest BCUT2D eigenvalue weighted by Gasteiger charge is 2.29. The van der Waals surface area contributed by atoms with Crippen LogP contribution < -0.4 is 0 Å². The zero-order valence-electron chi connectivity index (χ0n) is 17.1. The molecule has 1 fully saturated rings. The van der Waals surface area contributed by atoms with E-state index in [0.717, 1.165) is 51.4 Å². The smallest absolute Gasteiger partial charge is 0.305 e. The van der Waals surface area contributed by atoms with E-state index < -0.39 is 0 Å².